The Bertz CT molecular complexity index is 331. The third kappa shape index (κ3) is 2.56. The minimum absolute atomic E-state index is 0.0950. The molecule has 1 fully saturated rings. The van der Waals surface area contributed by atoms with Gasteiger partial charge in [0.15, 0.2) is 0 Å². The molecule has 1 aromatic carbocycles. The minimum Gasteiger partial charge on any atom is -0.490 e. The molecule has 1 aliphatic carbocycles. The first kappa shape index (κ1) is 11.5. The van der Waals surface area contributed by atoms with E-state index in [1.807, 2.05) is 18.2 Å². The Kier molecular flexibility index (Phi) is 3.83. The van der Waals surface area contributed by atoms with Crippen LogP contribution in [0.5, 0.6) is 5.75 Å². The SMILES string of the molecule is CCC(N)c1ccccc1OC1CCCC1. The second-order valence-electron chi connectivity index (χ2n) is 4.58. The molecule has 2 N–H and O–H groups in total. The third-order valence-corrected chi connectivity index (χ3v) is 3.35. The molecule has 0 heterocycles. The Morgan fingerprint density at radius 2 is 2.00 bits per heavy atom. The molecule has 2 rings (SSSR count). The van der Waals surface area contributed by atoms with Crippen molar-refractivity contribution in [2.45, 2.75) is 51.2 Å². The van der Waals surface area contributed by atoms with E-state index in [2.05, 4.69) is 13.0 Å². The van der Waals surface area contributed by atoms with Crippen LogP contribution in [0.25, 0.3) is 0 Å². The Hall–Kier alpha value is -1.02. The smallest absolute Gasteiger partial charge is 0.124 e. The molecule has 2 nitrogen and oxygen atoms in total. The molecule has 0 saturated heterocycles. The Balaban J connectivity index is 2.12. The van der Waals surface area contributed by atoms with Gasteiger partial charge < -0.3 is 10.5 Å². The summed E-state index contributed by atoms with van der Waals surface area (Å²) < 4.78 is 6.05. The van der Waals surface area contributed by atoms with Crippen molar-refractivity contribution >= 4 is 0 Å². The van der Waals surface area contributed by atoms with Crippen molar-refractivity contribution in [1.82, 2.24) is 0 Å². The first-order valence-electron chi connectivity index (χ1n) is 6.32. The highest BCUT2D eigenvalue weighted by Gasteiger charge is 2.18. The highest BCUT2D eigenvalue weighted by Crippen LogP contribution is 2.29. The summed E-state index contributed by atoms with van der Waals surface area (Å²) in [5.41, 5.74) is 7.24. The predicted molar refractivity (Wildman–Crippen MR) is 66.5 cm³/mol. The van der Waals surface area contributed by atoms with Crippen LogP contribution in [0.3, 0.4) is 0 Å². The average Bonchev–Trinajstić information content (AvgIpc) is 2.82. The van der Waals surface area contributed by atoms with Crippen LogP contribution in [0.1, 0.15) is 50.6 Å². The number of para-hydroxylation sites is 1. The number of benzene rings is 1. The molecule has 1 unspecified atom stereocenters. The summed E-state index contributed by atoms with van der Waals surface area (Å²) in [5, 5.41) is 0. The number of nitrogens with two attached hydrogens (primary N) is 1. The van der Waals surface area contributed by atoms with E-state index in [0.29, 0.717) is 6.10 Å². The Morgan fingerprint density at radius 1 is 1.31 bits per heavy atom. The van der Waals surface area contributed by atoms with Crippen molar-refractivity contribution in [3.8, 4) is 5.75 Å². The summed E-state index contributed by atoms with van der Waals surface area (Å²) in [6.07, 6.45) is 6.33. The summed E-state index contributed by atoms with van der Waals surface area (Å²) >= 11 is 0. The van der Waals surface area contributed by atoms with Crippen LogP contribution in [0, 0.1) is 0 Å². The van der Waals surface area contributed by atoms with Gasteiger partial charge in [-0.05, 0) is 38.2 Å². The largest absolute Gasteiger partial charge is 0.490 e. The maximum atomic E-state index is 6.09. The van der Waals surface area contributed by atoms with Gasteiger partial charge in [-0.25, -0.2) is 0 Å². The number of rotatable bonds is 4. The molecule has 0 aromatic heterocycles. The molecular formula is C14H21NO. The van der Waals surface area contributed by atoms with Gasteiger partial charge in [-0.2, -0.15) is 0 Å². The molecule has 1 atom stereocenters. The molecule has 0 amide bonds. The fourth-order valence-electron chi connectivity index (χ4n) is 2.30. The van der Waals surface area contributed by atoms with Gasteiger partial charge in [-0.1, -0.05) is 25.1 Å². The molecule has 2 heteroatoms. The molecule has 1 saturated carbocycles. The van der Waals surface area contributed by atoms with Crippen molar-refractivity contribution in [1.29, 1.82) is 0 Å². The highest BCUT2D eigenvalue weighted by atomic mass is 16.5. The first-order valence-corrected chi connectivity index (χ1v) is 6.32. The summed E-state index contributed by atoms with van der Waals surface area (Å²) in [5.74, 6) is 0.990. The minimum atomic E-state index is 0.0950. The zero-order valence-electron chi connectivity index (χ0n) is 9.99. The van der Waals surface area contributed by atoms with Crippen LogP contribution in [0.4, 0.5) is 0 Å². The van der Waals surface area contributed by atoms with Gasteiger partial charge in [-0.15, -0.1) is 0 Å². The van der Waals surface area contributed by atoms with Gasteiger partial charge >= 0.3 is 0 Å². The first-order chi connectivity index (χ1) is 7.81. The van der Waals surface area contributed by atoms with Crippen LogP contribution in [-0.4, -0.2) is 6.10 Å². The molecule has 0 radical (unpaired) electrons. The number of ether oxygens (including phenoxy) is 1. The van der Waals surface area contributed by atoms with Crippen LogP contribution >= 0.6 is 0 Å². The van der Waals surface area contributed by atoms with E-state index < -0.39 is 0 Å². The second kappa shape index (κ2) is 5.35. The van der Waals surface area contributed by atoms with Crippen LogP contribution in [-0.2, 0) is 0 Å². The van der Waals surface area contributed by atoms with Gasteiger partial charge in [0.25, 0.3) is 0 Å². The zero-order chi connectivity index (χ0) is 11.4. The van der Waals surface area contributed by atoms with E-state index in [-0.39, 0.29) is 6.04 Å². The van der Waals surface area contributed by atoms with Gasteiger partial charge in [-0.3, -0.25) is 0 Å². The monoisotopic (exact) mass is 219 g/mol. The molecule has 16 heavy (non-hydrogen) atoms. The highest BCUT2D eigenvalue weighted by molar-refractivity contribution is 5.35. The summed E-state index contributed by atoms with van der Waals surface area (Å²) in [6, 6.07) is 8.28. The van der Waals surface area contributed by atoms with E-state index in [1.165, 1.54) is 25.7 Å². The molecule has 1 aromatic rings. The zero-order valence-corrected chi connectivity index (χ0v) is 9.99. The van der Waals surface area contributed by atoms with Crippen LogP contribution in [0.2, 0.25) is 0 Å². The van der Waals surface area contributed by atoms with Gasteiger partial charge in [0.05, 0.1) is 6.10 Å². The second-order valence-corrected chi connectivity index (χ2v) is 4.58. The molecule has 0 bridgehead atoms. The predicted octanol–water partition coefficient (Wildman–Crippen LogP) is 3.42. The van der Waals surface area contributed by atoms with Crippen molar-refractivity contribution < 1.29 is 4.74 Å². The molecule has 88 valence electrons. The van der Waals surface area contributed by atoms with Crippen molar-refractivity contribution in [3.63, 3.8) is 0 Å². The van der Waals surface area contributed by atoms with Crippen molar-refractivity contribution in [3.05, 3.63) is 29.8 Å². The third-order valence-electron chi connectivity index (χ3n) is 3.35. The normalized spacial score (nSPS) is 18.6. The summed E-state index contributed by atoms with van der Waals surface area (Å²) in [4.78, 5) is 0. The van der Waals surface area contributed by atoms with Crippen molar-refractivity contribution in [2.24, 2.45) is 5.73 Å². The van der Waals surface area contributed by atoms with E-state index in [4.69, 9.17) is 10.5 Å². The van der Waals surface area contributed by atoms with E-state index >= 15 is 0 Å². The van der Waals surface area contributed by atoms with Gasteiger partial charge in [0.1, 0.15) is 5.75 Å². The summed E-state index contributed by atoms with van der Waals surface area (Å²) in [7, 11) is 0. The lowest BCUT2D eigenvalue weighted by molar-refractivity contribution is 0.207. The Morgan fingerprint density at radius 3 is 2.69 bits per heavy atom. The lowest BCUT2D eigenvalue weighted by Gasteiger charge is -2.19. The van der Waals surface area contributed by atoms with E-state index in [1.54, 1.807) is 0 Å². The average molecular weight is 219 g/mol. The van der Waals surface area contributed by atoms with Crippen LogP contribution < -0.4 is 10.5 Å². The van der Waals surface area contributed by atoms with Crippen LogP contribution in [0.15, 0.2) is 24.3 Å². The molecule has 0 spiro atoms. The fraction of sp³-hybridized carbons (Fsp3) is 0.571. The maximum absolute atomic E-state index is 6.09. The van der Waals surface area contributed by atoms with Crippen molar-refractivity contribution in [2.75, 3.05) is 0 Å². The number of hydrogen-bond donors (Lipinski definition) is 1. The van der Waals surface area contributed by atoms with Gasteiger partial charge in [0.2, 0.25) is 0 Å². The quantitative estimate of drug-likeness (QED) is 0.842. The fourth-order valence-corrected chi connectivity index (χ4v) is 2.30. The topological polar surface area (TPSA) is 35.2 Å². The molecule has 0 aliphatic heterocycles. The number of hydrogen-bond acceptors (Lipinski definition) is 2. The molecule has 1 aliphatic rings. The van der Waals surface area contributed by atoms with E-state index in [0.717, 1.165) is 17.7 Å². The van der Waals surface area contributed by atoms with E-state index in [9.17, 15) is 0 Å². The maximum Gasteiger partial charge on any atom is 0.124 e. The lowest BCUT2D eigenvalue weighted by atomic mass is 10.0. The standard InChI is InChI=1S/C14H21NO/c1-2-13(15)12-9-5-6-10-14(12)16-11-7-3-4-8-11/h5-6,9-11,13H,2-4,7-8,15H2,1H3. The molecular weight excluding hydrogens is 198 g/mol. The lowest BCUT2D eigenvalue weighted by Crippen LogP contribution is -2.15. The Labute approximate surface area is 97.8 Å². The summed E-state index contributed by atoms with van der Waals surface area (Å²) in [6.45, 7) is 2.11. The van der Waals surface area contributed by atoms with Gasteiger partial charge in [0, 0.05) is 11.6 Å².